The average Bonchev–Trinajstić information content (AvgIpc) is 3.06. The molecular weight excluding hydrogens is 624 g/mol. The van der Waals surface area contributed by atoms with Crippen molar-refractivity contribution in [2.24, 2.45) is 17.8 Å². The standard InChI is InChI=1S/C44H84O6/c1-38(2)30-24-18-12-8-7-9-15-23-29-35-44(47)50-41(37-49-43(46)34-28-22-17-16-20-26-32-40(5)6)36-48-42(45)33-27-21-14-11-10-13-19-25-31-39(3)4/h38-41H,7-37H2,1-6H3/t41-/m1/s1. The Kier molecular flexibility index (Phi) is 34.7. The predicted octanol–water partition coefficient (Wildman–Crippen LogP) is 13.3. The van der Waals surface area contributed by atoms with Crippen molar-refractivity contribution in [3.63, 3.8) is 0 Å². The minimum atomic E-state index is -0.761. The van der Waals surface area contributed by atoms with Crippen LogP contribution in [-0.4, -0.2) is 37.2 Å². The number of hydrogen-bond acceptors (Lipinski definition) is 6. The number of carbonyl (C=O) groups is 3. The van der Waals surface area contributed by atoms with E-state index in [9.17, 15) is 14.4 Å². The van der Waals surface area contributed by atoms with Crippen molar-refractivity contribution in [2.75, 3.05) is 13.2 Å². The van der Waals surface area contributed by atoms with Crippen LogP contribution in [0, 0.1) is 17.8 Å². The Morgan fingerprint density at radius 2 is 0.580 bits per heavy atom. The van der Waals surface area contributed by atoms with Crippen LogP contribution in [0.4, 0.5) is 0 Å². The summed E-state index contributed by atoms with van der Waals surface area (Å²) in [7, 11) is 0. The molecule has 0 bridgehead atoms. The highest BCUT2D eigenvalue weighted by Crippen LogP contribution is 2.16. The lowest BCUT2D eigenvalue weighted by molar-refractivity contribution is -0.167. The third-order valence-electron chi connectivity index (χ3n) is 9.65. The molecule has 0 aliphatic rings. The van der Waals surface area contributed by atoms with Gasteiger partial charge in [-0.1, -0.05) is 189 Å². The second kappa shape index (κ2) is 35.8. The number of ether oxygens (including phenoxy) is 3. The number of unbranched alkanes of at least 4 members (excludes halogenated alkanes) is 20. The van der Waals surface area contributed by atoms with Gasteiger partial charge in [-0.05, 0) is 37.0 Å². The van der Waals surface area contributed by atoms with E-state index in [0.717, 1.165) is 75.5 Å². The van der Waals surface area contributed by atoms with Crippen molar-refractivity contribution in [3.8, 4) is 0 Å². The Hall–Kier alpha value is -1.59. The Bertz CT molecular complexity index is 776. The largest absolute Gasteiger partial charge is 0.462 e. The van der Waals surface area contributed by atoms with Gasteiger partial charge in [0.2, 0.25) is 0 Å². The first-order valence-corrected chi connectivity index (χ1v) is 21.6. The van der Waals surface area contributed by atoms with Crippen molar-refractivity contribution in [1.29, 1.82) is 0 Å². The highest BCUT2D eigenvalue weighted by atomic mass is 16.6. The Morgan fingerprint density at radius 3 is 0.860 bits per heavy atom. The summed E-state index contributed by atoms with van der Waals surface area (Å²) in [6, 6.07) is 0. The van der Waals surface area contributed by atoms with Crippen molar-refractivity contribution < 1.29 is 28.6 Å². The molecule has 0 fully saturated rings. The zero-order chi connectivity index (χ0) is 37.1. The maximum atomic E-state index is 12.7. The quantitative estimate of drug-likeness (QED) is 0.0363. The van der Waals surface area contributed by atoms with Gasteiger partial charge in [0, 0.05) is 19.3 Å². The van der Waals surface area contributed by atoms with E-state index in [0.29, 0.717) is 19.3 Å². The molecule has 0 unspecified atom stereocenters. The lowest BCUT2D eigenvalue weighted by Gasteiger charge is -2.18. The van der Waals surface area contributed by atoms with E-state index in [1.165, 1.54) is 109 Å². The van der Waals surface area contributed by atoms with Gasteiger partial charge in [0.1, 0.15) is 13.2 Å². The first-order valence-electron chi connectivity index (χ1n) is 21.6. The molecule has 0 radical (unpaired) electrons. The minimum absolute atomic E-state index is 0.0677. The van der Waals surface area contributed by atoms with Gasteiger partial charge in [-0.15, -0.1) is 0 Å². The SMILES string of the molecule is CC(C)CCCCCCCCCCCC(=O)O[C@H](COC(=O)CCCCCCCCCCC(C)C)COC(=O)CCCCCCCCC(C)C. The predicted molar refractivity (Wildman–Crippen MR) is 210 cm³/mol. The summed E-state index contributed by atoms with van der Waals surface area (Å²) in [5.41, 5.74) is 0. The summed E-state index contributed by atoms with van der Waals surface area (Å²) in [4.78, 5) is 37.6. The topological polar surface area (TPSA) is 78.9 Å². The highest BCUT2D eigenvalue weighted by molar-refractivity contribution is 5.71. The lowest BCUT2D eigenvalue weighted by atomic mass is 10.0. The zero-order valence-electron chi connectivity index (χ0n) is 34.2. The highest BCUT2D eigenvalue weighted by Gasteiger charge is 2.19. The molecule has 0 rings (SSSR count). The van der Waals surface area contributed by atoms with Crippen LogP contribution in [0.5, 0.6) is 0 Å². The van der Waals surface area contributed by atoms with Gasteiger partial charge in [0.25, 0.3) is 0 Å². The molecule has 6 heteroatoms. The first-order chi connectivity index (χ1) is 24.1. The Balaban J connectivity index is 4.36. The second-order valence-corrected chi connectivity index (χ2v) is 16.4. The van der Waals surface area contributed by atoms with Gasteiger partial charge in [-0.3, -0.25) is 14.4 Å². The number of esters is 3. The molecule has 1 atom stereocenters. The van der Waals surface area contributed by atoms with E-state index >= 15 is 0 Å². The third-order valence-corrected chi connectivity index (χ3v) is 9.65. The van der Waals surface area contributed by atoms with E-state index < -0.39 is 6.10 Å². The van der Waals surface area contributed by atoms with Gasteiger partial charge in [-0.25, -0.2) is 0 Å². The second-order valence-electron chi connectivity index (χ2n) is 16.4. The van der Waals surface area contributed by atoms with Crippen LogP contribution in [-0.2, 0) is 28.6 Å². The average molecular weight is 709 g/mol. The number of hydrogen-bond donors (Lipinski definition) is 0. The normalized spacial score (nSPS) is 12.2. The van der Waals surface area contributed by atoms with Crippen LogP contribution in [0.3, 0.4) is 0 Å². The minimum Gasteiger partial charge on any atom is -0.462 e. The summed E-state index contributed by atoms with van der Waals surface area (Å²) >= 11 is 0. The van der Waals surface area contributed by atoms with Crippen LogP contribution in [0.2, 0.25) is 0 Å². The molecule has 0 spiro atoms. The Labute approximate surface area is 310 Å². The molecule has 50 heavy (non-hydrogen) atoms. The van der Waals surface area contributed by atoms with E-state index in [1.807, 2.05) is 0 Å². The van der Waals surface area contributed by atoms with Gasteiger partial charge in [0.05, 0.1) is 0 Å². The Morgan fingerprint density at radius 1 is 0.340 bits per heavy atom. The maximum absolute atomic E-state index is 12.7. The molecule has 296 valence electrons. The van der Waals surface area contributed by atoms with Gasteiger partial charge >= 0.3 is 17.9 Å². The smallest absolute Gasteiger partial charge is 0.306 e. The molecule has 0 aliphatic heterocycles. The molecule has 0 aromatic heterocycles. The molecule has 0 amide bonds. The molecular formula is C44H84O6. The van der Waals surface area contributed by atoms with Crippen molar-refractivity contribution in [1.82, 2.24) is 0 Å². The van der Waals surface area contributed by atoms with Crippen LogP contribution >= 0.6 is 0 Å². The zero-order valence-corrected chi connectivity index (χ0v) is 34.2. The van der Waals surface area contributed by atoms with Crippen LogP contribution in [0.25, 0.3) is 0 Å². The summed E-state index contributed by atoms with van der Waals surface area (Å²) in [5, 5.41) is 0. The fourth-order valence-electron chi connectivity index (χ4n) is 6.35. The van der Waals surface area contributed by atoms with Crippen molar-refractivity contribution in [2.45, 2.75) is 234 Å². The molecule has 0 aliphatic carbocycles. The van der Waals surface area contributed by atoms with E-state index in [-0.39, 0.29) is 31.1 Å². The molecule has 0 heterocycles. The van der Waals surface area contributed by atoms with E-state index in [1.54, 1.807) is 0 Å². The van der Waals surface area contributed by atoms with Crippen LogP contribution in [0.1, 0.15) is 228 Å². The number of carbonyl (C=O) groups excluding carboxylic acids is 3. The van der Waals surface area contributed by atoms with Crippen molar-refractivity contribution in [3.05, 3.63) is 0 Å². The number of rotatable bonds is 37. The molecule has 0 saturated heterocycles. The summed E-state index contributed by atoms with van der Waals surface area (Å²) in [6.07, 6.45) is 31.1. The van der Waals surface area contributed by atoms with E-state index in [2.05, 4.69) is 41.5 Å². The first kappa shape index (κ1) is 48.4. The van der Waals surface area contributed by atoms with E-state index in [4.69, 9.17) is 14.2 Å². The lowest BCUT2D eigenvalue weighted by Crippen LogP contribution is -2.30. The summed E-state index contributed by atoms with van der Waals surface area (Å²) in [5.74, 6) is 1.49. The molecule has 0 aromatic rings. The third kappa shape index (κ3) is 37.7. The molecule has 6 nitrogen and oxygen atoms in total. The van der Waals surface area contributed by atoms with Crippen LogP contribution in [0.15, 0.2) is 0 Å². The summed E-state index contributed by atoms with van der Waals surface area (Å²) < 4.78 is 16.7. The monoisotopic (exact) mass is 709 g/mol. The van der Waals surface area contributed by atoms with Gasteiger partial charge in [-0.2, -0.15) is 0 Å². The summed E-state index contributed by atoms with van der Waals surface area (Å²) in [6.45, 7) is 13.5. The van der Waals surface area contributed by atoms with Crippen LogP contribution < -0.4 is 0 Å². The molecule has 0 N–H and O–H groups in total. The molecule has 0 saturated carbocycles. The van der Waals surface area contributed by atoms with Gasteiger partial charge in [0.15, 0.2) is 6.10 Å². The maximum Gasteiger partial charge on any atom is 0.306 e. The fraction of sp³-hybridized carbons (Fsp3) is 0.932. The fourth-order valence-corrected chi connectivity index (χ4v) is 6.35. The van der Waals surface area contributed by atoms with Gasteiger partial charge < -0.3 is 14.2 Å². The van der Waals surface area contributed by atoms with Crippen molar-refractivity contribution >= 4 is 17.9 Å². The molecule has 0 aromatic carbocycles.